The van der Waals surface area contributed by atoms with Crippen LogP contribution in [0.15, 0.2) is 65.1 Å². The Morgan fingerprint density at radius 2 is 1.57 bits per heavy atom. The summed E-state index contributed by atoms with van der Waals surface area (Å²) in [7, 11) is 0. The van der Waals surface area contributed by atoms with Crippen molar-refractivity contribution in [1.82, 2.24) is 0 Å². The number of furan rings is 1. The molecule has 1 aliphatic rings. The minimum Gasteiger partial charge on any atom is -0.455 e. The highest BCUT2D eigenvalue weighted by Gasteiger charge is 2.23. The summed E-state index contributed by atoms with van der Waals surface area (Å²) in [6.45, 7) is 0. The third kappa shape index (κ3) is 1.46. The molecule has 100 valence electrons. The molecule has 5 rings (SSSR count). The lowest BCUT2D eigenvalue weighted by atomic mass is 9.89. The van der Waals surface area contributed by atoms with Gasteiger partial charge >= 0.3 is 0 Å². The van der Waals surface area contributed by atoms with Gasteiger partial charge in [-0.3, -0.25) is 0 Å². The van der Waals surface area contributed by atoms with Crippen LogP contribution in [0.1, 0.15) is 11.1 Å². The van der Waals surface area contributed by atoms with E-state index < -0.39 is 0 Å². The first-order valence-electron chi connectivity index (χ1n) is 7.43. The van der Waals surface area contributed by atoms with Gasteiger partial charge in [0.25, 0.3) is 0 Å². The van der Waals surface area contributed by atoms with Gasteiger partial charge in [0.15, 0.2) is 0 Å². The van der Waals surface area contributed by atoms with Gasteiger partial charge < -0.3 is 4.42 Å². The van der Waals surface area contributed by atoms with Crippen LogP contribution >= 0.6 is 0 Å². The number of rotatable bonds is 0. The molecule has 0 saturated heterocycles. The van der Waals surface area contributed by atoms with E-state index in [1.807, 2.05) is 0 Å². The van der Waals surface area contributed by atoms with Gasteiger partial charge in [0.1, 0.15) is 11.3 Å². The molecule has 4 aromatic rings. The van der Waals surface area contributed by atoms with Crippen molar-refractivity contribution in [3.05, 3.63) is 71.8 Å². The van der Waals surface area contributed by atoms with Gasteiger partial charge in [0.2, 0.25) is 0 Å². The standard InChI is InChI=1S/C20H14O/c1-3-7-15-13(5-1)9-11-17-18-12-10-14-6-2-4-8-16(14)20(18)21-19(15)17/h1-9,11H,10,12H2. The SMILES string of the molecule is c1ccc2c(c1)CCc1c-2oc2c1ccc1ccccc12. The van der Waals surface area contributed by atoms with E-state index in [-0.39, 0.29) is 0 Å². The van der Waals surface area contributed by atoms with Gasteiger partial charge in [0, 0.05) is 21.9 Å². The van der Waals surface area contributed by atoms with Crippen LogP contribution in [0.25, 0.3) is 33.1 Å². The molecule has 3 aromatic carbocycles. The Morgan fingerprint density at radius 1 is 0.714 bits per heavy atom. The van der Waals surface area contributed by atoms with Crippen molar-refractivity contribution in [3.8, 4) is 11.3 Å². The van der Waals surface area contributed by atoms with Gasteiger partial charge in [-0.2, -0.15) is 0 Å². The molecule has 0 radical (unpaired) electrons. The van der Waals surface area contributed by atoms with Gasteiger partial charge in [0.05, 0.1) is 0 Å². The van der Waals surface area contributed by atoms with E-state index in [1.54, 1.807) is 0 Å². The second-order valence-electron chi connectivity index (χ2n) is 5.73. The summed E-state index contributed by atoms with van der Waals surface area (Å²) >= 11 is 0. The summed E-state index contributed by atoms with van der Waals surface area (Å²) in [5.41, 5.74) is 5.07. The number of fused-ring (bicyclic) bond motifs is 7. The van der Waals surface area contributed by atoms with Crippen LogP contribution in [0.5, 0.6) is 0 Å². The first-order valence-corrected chi connectivity index (χ1v) is 7.43. The van der Waals surface area contributed by atoms with Crippen LogP contribution < -0.4 is 0 Å². The van der Waals surface area contributed by atoms with Crippen LogP contribution in [0.4, 0.5) is 0 Å². The maximum atomic E-state index is 6.33. The fraction of sp³-hybridized carbons (Fsp3) is 0.100. The van der Waals surface area contributed by atoms with Crippen molar-refractivity contribution < 1.29 is 4.42 Å². The topological polar surface area (TPSA) is 13.1 Å². The molecule has 0 spiro atoms. The lowest BCUT2D eigenvalue weighted by molar-refractivity contribution is 0.624. The molecule has 1 heterocycles. The molecular formula is C20H14O. The highest BCUT2D eigenvalue weighted by Crippen LogP contribution is 2.41. The van der Waals surface area contributed by atoms with Crippen LogP contribution in [0.2, 0.25) is 0 Å². The fourth-order valence-corrected chi connectivity index (χ4v) is 3.56. The smallest absolute Gasteiger partial charge is 0.142 e. The van der Waals surface area contributed by atoms with E-state index in [4.69, 9.17) is 4.42 Å². The molecule has 0 unspecified atom stereocenters. The fourth-order valence-electron chi connectivity index (χ4n) is 3.56. The van der Waals surface area contributed by atoms with E-state index in [0.717, 1.165) is 24.2 Å². The molecule has 0 atom stereocenters. The summed E-state index contributed by atoms with van der Waals surface area (Å²) in [4.78, 5) is 0. The number of aryl methyl sites for hydroxylation is 2. The Hall–Kier alpha value is -2.54. The first-order chi connectivity index (χ1) is 10.4. The second kappa shape index (κ2) is 3.98. The molecule has 21 heavy (non-hydrogen) atoms. The zero-order valence-electron chi connectivity index (χ0n) is 11.6. The lowest BCUT2D eigenvalue weighted by Gasteiger charge is -2.14. The van der Waals surface area contributed by atoms with Crippen molar-refractivity contribution in [1.29, 1.82) is 0 Å². The third-order valence-electron chi connectivity index (χ3n) is 4.59. The zero-order valence-corrected chi connectivity index (χ0v) is 11.6. The van der Waals surface area contributed by atoms with Gasteiger partial charge in [-0.15, -0.1) is 0 Å². The molecule has 0 fully saturated rings. The Bertz CT molecular complexity index is 991. The number of hydrogen-bond acceptors (Lipinski definition) is 1. The van der Waals surface area contributed by atoms with Crippen molar-refractivity contribution in [2.75, 3.05) is 0 Å². The number of benzene rings is 3. The predicted molar refractivity (Wildman–Crippen MR) is 86.6 cm³/mol. The Kier molecular flexibility index (Phi) is 2.12. The van der Waals surface area contributed by atoms with Gasteiger partial charge in [-0.1, -0.05) is 60.7 Å². The molecular weight excluding hydrogens is 256 g/mol. The van der Waals surface area contributed by atoms with Crippen LogP contribution in [-0.4, -0.2) is 0 Å². The highest BCUT2D eigenvalue weighted by molar-refractivity contribution is 6.07. The molecule has 1 nitrogen and oxygen atoms in total. The molecule has 0 bridgehead atoms. The Balaban J connectivity index is 1.93. The highest BCUT2D eigenvalue weighted by atomic mass is 16.3. The maximum Gasteiger partial charge on any atom is 0.142 e. The van der Waals surface area contributed by atoms with Crippen molar-refractivity contribution in [2.24, 2.45) is 0 Å². The molecule has 0 aliphatic heterocycles. The normalized spacial score (nSPS) is 13.3. The molecule has 0 N–H and O–H groups in total. The van der Waals surface area contributed by atoms with E-state index in [1.165, 1.54) is 32.8 Å². The lowest BCUT2D eigenvalue weighted by Crippen LogP contribution is -2.01. The van der Waals surface area contributed by atoms with Crippen molar-refractivity contribution in [3.63, 3.8) is 0 Å². The summed E-state index contributed by atoms with van der Waals surface area (Å²) in [6.07, 6.45) is 2.17. The van der Waals surface area contributed by atoms with E-state index >= 15 is 0 Å². The van der Waals surface area contributed by atoms with E-state index in [2.05, 4.69) is 60.7 Å². The summed E-state index contributed by atoms with van der Waals surface area (Å²) in [5, 5.41) is 3.73. The minimum absolute atomic E-state index is 1.04. The van der Waals surface area contributed by atoms with Crippen LogP contribution in [0, 0.1) is 0 Å². The molecule has 1 aromatic heterocycles. The van der Waals surface area contributed by atoms with Crippen molar-refractivity contribution in [2.45, 2.75) is 12.8 Å². The molecule has 1 aliphatic carbocycles. The zero-order chi connectivity index (χ0) is 13.8. The average Bonchev–Trinajstić information content (AvgIpc) is 2.94. The van der Waals surface area contributed by atoms with Crippen LogP contribution in [-0.2, 0) is 12.8 Å². The summed E-state index contributed by atoms with van der Waals surface area (Å²) in [6, 6.07) is 21.5. The predicted octanol–water partition coefficient (Wildman–Crippen LogP) is 5.35. The largest absolute Gasteiger partial charge is 0.455 e. The maximum absolute atomic E-state index is 6.33. The quantitative estimate of drug-likeness (QED) is 0.419. The second-order valence-corrected chi connectivity index (χ2v) is 5.73. The Morgan fingerprint density at radius 3 is 2.57 bits per heavy atom. The molecule has 0 saturated carbocycles. The van der Waals surface area contributed by atoms with Crippen LogP contribution in [0.3, 0.4) is 0 Å². The summed E-state index contributed by atoms with van der Waals surface area (Å²) < 4.78 is 6.33. The van der Waals surface area contributed by atoms with E-state index in [0.29, 0.717) is 0 Å². The van der Waals surface area contributed by atoms with Gasteiger partial charge in [-0.25, -0.2) is 0 Å². The third-order valence-corrected chi connectivity index (χ3v) is 4.59. The average molecular weight is 270 g/mol. The minimum atomic E-state index is 1.04. The molecule has 0 amide bonds. The first kappa shape index (κ1) is 11.2. The van der Waals surface area contributed by atoms with Gasteiger partial charge in [-0.05, 0) is 23.8 Å². The Labute approximate surface area is 122 Å². The van der Waals surface area contributed by atoms with Crippen molar-refractivity contribution >= 4 is 21.7 Å². The van der Waals surface area contributed by atoms with E-state index in [9.17, 15) is 0 Å². The summed E-state index contributed by atoms with van der Waals surface area (Å²) in [5.74, 6) is 1.07. The molecule has 1 heteroatoms. The monoisotopic (exact) mass is 270 g/mol. The number of hydrogen-bond donors (Lipinski definition) is 0.